The smallest absolute Gasteiger partial charge is 0.310 e. The fourth-order valence-electron chi connectivity index (χ4n) is 1.37. The van der Waals surface area contributed by atoms with Crippen molar-refractivity contribution < 1.29 is 18.3 Å². The van der Waals surface area contributed by atoms with E-state index in [1.54, 1.807) is 13.0 Å². The van der Waals surface area contributed by atoms with E-state index < -0.39 is 12.4 Å². The van der Waals surface area contributed by atoms with Crippen molar-refractivity contribution in [2.45, 2.75) is 25.1 Å². The number of ether oxygens (including phenoxy) is 1. The van der Waals surface area contributed by atoms with E-state index in [0.717, 1.165) is 3.57 Å². The Balaban J connectivity index is 3.09. The fraction of sp³-hybridized carbons (Fsp3) is 0.455. The number of carbonyl (C=O) groups excluding carboxylic acids is 1. The lowest BCUT2D eigenvalue weighted by Crippen LogP contribution is -2.12. The molecule has 0 aromatic carbocycles. The third kappa shape index (κ3) is 4.11. The highest BCUT2D eigenvalue weighted by molar-refractivity contribution is 14.1. The minimum Gasteiger partial charge on any atom is -0.466 e. The van der Waals surface area contributed by atoms with Crippen LogP contribution in [0.15, 0.2) is 6.07 Å². The molecular formula is C11H11BrF2INO2. The van der Waals surface area contributed by atoms with Crippen LogP contribution in [0.5, 0.6) is 0 Å². The van der Waals surface area contributed by atoms with Crippen molar-refractivity contribution >= 4 is 44.5 Å². The molecule has 3 nitrogen and oxygen atoms in total. The molecule has 1 heterocycles. The van der Waals surface area contributed by atoms with Crippen molar-refractivity contribution in [2.24, 2.45) is 0 Å². The predicted octanol–water partition coefficient (Wildman–Crippen LogP) is 3.62. The molecule has 0 N–H and O–H groups in total. The van der Waals surface area contributed by atoms with E-state index in [9.17, 15) is 13.6 Å². The van der Waals surface area contributed by atoms with Gasteiger partial charge in [0.25, 0.3) is 6.43 Å². The van der Waals surface area contributed by atoms with Gasteiger partial charge in [-0.05, 0) is 41.1 Å². The largest absolute Gasteiger partial charge is 0.466 e. The van der Waals surface area contributed by atoms with Gasteiger partial charge in [0.2, 0.25) is 0 Å². The van der Waals surface area contributed by atoms with E-state index in [1.807, 2.05) is 22.6 Å². The third-order valence-corrected chi connectivity index (χ3v) is 3.60. The van der Waals surface area contributed by atoms with Crippen LogP contribution in [-0.2, 0) is 21.3 Å². The second-order valence-corrected chi connectivity index (χ2v) is 5.10. The Bertz CT molecular complexity index is 443. The molecule has 18 heavy (non-hydrogen) atoms. The van der Waals surface area contributed by atoms with Crippen molar-refractivity contribution in [3.63, 3.8) is 0 Å². The summed E-state index contributed by atoms with van der Waals surface area (Å²) in [6.07, 6.45) is -2.89. The molecule has 0 aliphatic rings. The maximum Gasteiger partial charge on any atom is 0.310 e. The van der Waals surface area contributed by atoms with Gasteiger partial charge in [0.1, 0.15) is 5.69 Å². The summed E-state index contributed by atoms with van der Waals surface area (Å²) in [5.41, 5.74) is 0.411. The molecule has 0 atom stereocenters. The van der Waals surface area contributed by atoms with E-state index in [4.69, 9.17) is 4.74 Å². The van der Waals surface area contributed by atoms with Crippen LogP contribution in [-0.4, -0.2) is 17.6 Å². The highest BCUT2D eigenvalue weighted by Gasteiger charge is 2.20. The van der Waals surface area contributed by atoms with Gasteiger partial charge in [0, 0.05) is 8.90 Å². The van der Waals surface area contributed by atoms with Crippen LogP contribution in [0.4, 0.5) is 8.78 Å². The SMILES string of the molecule is CCOC(=O)Cc1cc(I)c(CBr)nc1C(F)F. The number of aromatic nitrogens is 1. The van der Waals surface area contributed by atoms with Crippen molar-refractivity contribution in [1.29, 1.82) is 0 Å². The van der Waals surface area contributed by atoms with Crippen LogP contribution in [0.1, 0.15) is 30.3 Å². The number of halogens is 4. The molecular weight excluding hydrogens is 423 g/mol. The van der Waals surface area contributed by atoms with Crippen LogP contribution < -0.4 is 0 Å². The molecule has 0 spiro atoms. The van der Waals surface area contributed by atoms with Crippen molar-refractivity contribution in [3.8, 4) is 0 Å². The molecule has 7 heteroatoms. The van der Waals surface area contributed by atoms with Gasteiger partial charge in [-0.2, -0.15) is 0 Å². The number of pyridine rings is 1. The van der Waals surface area contributed by atoms with Crippen LogP contribution in [0.2, 0.25) is 0 Å². The van der Waals surface area contributed by atoms with Crippen LogP contribution >= 0.6 is 38.5 Å². The van der Waals surface area contributed by atoms with Crippen LogP contribution in [0.25, 0.3) is 0 Å². The summed E-state index contributed by atoms with van der Waals surface area (Å²) in [7, 11) is 0. The van der Waals surface area contributed by atoms with Gasteiger partial charge in [-0.15, -0.1) is 0 Å². The molecule has 100 valence electrons. The van der Waals surface area contributed by atoms with E-state index in [-0.39, 0.29) is 24.3 Å². The normalized spacial score (nSPS) is 10.8. The summed E-state index contributed by atoms with van der Waals surface area (Å²) in [4.78, 5) is 15.2. The number of hydrogen-bond acceptors (Lipinski definition) is 3. The molecule has 0 saturated carbocycles. The number of carbonyl (C=O) groups is 1. The summed E-state index contributed by atoms with van der Waals surface area (Å²) < 4.78 is 31.3. The van der Waals surface area contributed by atoms with Crippen LogP contribution in [0, 0.1) is 3.57 Å². The standard InChI is InChI=1S/C11H11BrF2INO2/c1-2-18-9(17)4-6-3-7(15)8(5-12)16-10(6)11(13)14/h3,11H,2,4-5H2,1H3. The summed E-state index contributed by atoms with van der Waals surface area (Å²) in [5, 5.41) is 0.394. The Hall–Kier alpha value is -0.310. The molecule has 0 amide bonds. The van der Waals surface area contributed by atoms with E-state index in [2.05, 4.69) is 20.9 Å². The quantitative estimate of drug-likeness (QED) is 0.404. The van der Waals surface area contributed by atoms with Gasteiger partial charge < -0.3 is 4.74 Å². The number of rotatable bonds is 5. The lowest BCUT2D eigenvalue weighted by molar-refractivity contribution is -0.142. The van der Waals surface area contributed by atoms with Crippen molar-refractivity contribution in [2.75, 3.05) is 6.61 Å². The number of nitrogens with zero attached hydrogens (tertiary/aromatic N) is 1. The third-order valence-electron chi connectivity index (χ3n) is 2.13. The lowest BCUT2D eigenvalue weighted by atomic mass is 10.1. The molecule has 1 aromatic rings. The average Bonchev–Trinajstić information content (AvgIpc) is 2.29. The van der Waals surface area contributed by atoms with E-state index in [1.165, 1.54) is 0 Å². The molecule has 1 rings (SSSR count). The zero-order valence-electron chi connectivity index (χ0n) is 9.55. The van der Waals surface area contributed by atoms with Gasteiger partial charge in [-0.1, -0.05) is 15.9 Å². The molecule has 1 aromatic heterocycles. The maximum absolute atomic E-state index is 12.9. The Kier molecular flexibility index (Phi) is 6.40. The first-order valence-corrected chi connectivity index (χ1v) is 7.37. The monoisotopic (exact) mass is 433 g/mol. The zero-order valence-corrected chi connectivity index (χ0v) is 13.3. The summed E-state index contributed by atoms with van der Waals surface area (Å²) in [6, 6.07) is 1.56. The first kappa shape index (κ1) is 15.7. The number of alkyl halides is 3. The predicted molar refractivity (Wildman–Crippen MR) is 74.9 cm³/mol. The maximum atomic E-state index is 12.9. The van der Waals surface area contributed by atoms with Gasteiger partial charge in [0.15, 0.2) is 0 Å². The Labute approximate surface area is 126 Å². The zero-order chi connectivity index (χ0) is 13.7. The molecule has 0 aliphatic heterocycles. The lowest BCUT2D eigenvalue weighted by Gasteiger charge is -2.11. The summed E-state index contributed by atoms with van der Waals surface area (Å²) >= 11 is 5.19. The summed E-state index contributed by atoms with van der Waals surface area (Å²) in [6.45, 7) is 1.90. The number of esters is 1. The highest BCUT2D eigenvalue weighted by Crippen LogP contribution is 2.26. The minimum absolute atomic E-state index is 0.181. The number of hydrogen-bond donors (Lipinski definition) is 0. The van der Waals surface area contributed by atoms with Gasteiger partial charge in [-0.25, -0.2) is 13.8 Å². The Morgan fingerprint density at radius 3 is 2.78 bits per heavy atom. The Morgan fingerprint density at radius 1 is 1.61 bits per heavy atom. The van der Waals surface area contributed by atoms with E-state index >= 15 is 0 Å². The first-order valence-electron chi connectivity index (χ1n) is 5.17. The Morgan fingerprint density at radius 2 is 2.28 bits per heavy atom. The molecule has 0 aliphatic carbocycles. The molecule has 0 bridgehead atoms. The average molecular weight is 434 g/mol. The molecule has 0 radical (unpaired) electrons. The second kappa shape index (κ2) is 7.32. The van der Waals surface area contributed by atoms with Crippen molar-refractivity contribution in [3.05, 3.63) is 26.6 Å². The van der Waals surface area contributed by atoms with Gasteiger partial charge in [0.05, 0.1) is 18.7 Å². The van der Waals surface area contributed by atoms with Crippen LogP contribution in [0.3, 0.4) is 0 Å². The minimum atomic E-state index is -2.70. The van der Waals surface area contributed by atoms with Gasteiger partial charge >= 0.3 is 5.97 Å². The molecule has 0 fully saturated rings. The van der Waals surface area contributed by atoms with Crippen molar-refractivity contribution in [1.82, 2.24) is 4.98 Å². The highest BCUT2D eigenvalue weighted by atomic mass is 127. The second-order valence-electron chi connectivity index (χ2n) is 3.38. The first-order chi connectivity index (χ1) is 8.49. The molecule has 0 unspecified atom stereocenters. The summed E-state index contributed by atoms with van der Waals surface area (Å²) in [5.74, 6) is -0.524. The van der Waals surface area contributed by atoms with E-state index in [0.29, 0.717) is 11.0 Å². The van der Waals surface area contributed by atoms with Gasteiger partial charge in [-0.3, -0.25) is 4.79 Å². The topological polar surface area (TPSA) is 39.2 Å². The molecule has 0 saturated heterocycles. The fourth-order valence-corrected chi connectivity index (χ4v) is 3.01.